The Kier molecular flexibility index (Phi) is 7.66. The van der Waals surface area contributed by atoms with Crippen molar-refractivity contribution in [2.75, 3.05) is 18.4 Å². The summed E-state index contributed by atoms with van der Waals surface area (Å²) in [6.07, 6.45) is 2.34. The maximum Gasteiger partial charge on any atom is 0.410 e. The lowest BCUT2D eigenvalue weighted by molar-refractivity contribution is 0.0182. The zero-order valence-electron chi connectivity index (χ0n) is 23.1. The number of carbonyl (C=O) groups is 2. The fourth-order valence-corrected chi connectivity index (χ4v) is 4.78. The highest BCUT2D eigenvalue weighted by Gasteiger charge is 2.31. The van der Waals surface area contributed by atoms with Gasteiger partial charge in [0.15, 0.2) is 5.78 Å². The van der Waals surface area contributed by atoms with Gasteiger partial charge in [-0.25, -0.2) is 19.2 Å². The second-order valence-electron chi connectivity index (χ2n) is 11.1. The Hall–Kier alpha value is -4.84. The average Bonchev–Trinajstić information content (AvgIpc) is 2.96. The van der Waals surface area contributed by atoms with Gasteiger partial charge in [-0.3, -0.25) is 4.79 Å². The summed E-state index contributed by atoms with van der Waals surface area (Å²) in [4.78, 5) is 36.2. The molecule has 0 atom stereocenters. The fourth-order valence-electron chi connectivity index (χ4n) is 4.78. The number of Topliss-reactive ketones (excluding diaryl/α,β-unsaturated/α-hetero) is 1. The predicted molar refractivity (Wildman–Crippen MR) is 154 cm³/mol. The first-order valence-electron chi connectivity index (χ1n) is 13.5. The minimum atomic E-state index is -0.568. The third-order valence-corrected chi connectivity index (χ3v) is 6.90. The summed E-state index contributed by atoms with van der Waals surface area (Å²) >= 11 is 0. The molecule has 208 valence electrons. The van der Waals surface area contributed by atoms with Crippen molar-refractivity contribution >= 4 is 34.3 Å². The molecular weight excluding hydrogens is 521 g/mol. The summed E-state index contributed by atoms with van der Waals surface area (Å²) in [6, 6.07) is 19.0. The van der Waals surface area contributed by atoms with E-state index in [0.717, 1.165) is 10.9 Å². The number of anilines is 2. The molecule has 5 rings (SSSR count). The Bertz CT molecular complexity index is 1670. The summed E-state index contributed by atoms with van der Waals surface area (Å²) < 4.78 is 20.4. The number of aromatic nitrogens is 2. The fraction of sp³-hybridized carbons (Fsp3) is 0.281. The second kappa shape index (κ2) is 11.3. The van der Waals surface area contributed by atoms with Crippen LogP contribution in [0.25, 0.3) is 22.0 Å². The Morgan fingerprint density at radius 2 is 1.80 bits per heavy atom. The lowest BCUT2D eigenvalue weighted by atomic mass is 9.91. The average molecular weight is 552 g/mol. The third-order valence-electron chi connectivity index (χ3n) is 6.90. The normalized spacial score (nSPS) is 14.0. The van der Waals surface area contributed by atoms with E-state index in [1.807, 2.05) is 26.8 Å². The van der Waals surface area contributed by atoms with Gasteiger partial charge in [0.05, 0.1) is 22.8 Å². The minimum Gasteiger partial charge on any atom is -0.444 e. The molecule has 1 N–H and O–H groups in total. The Morgan fingerprint density at radius 1 is 1.05 bits per heavy atom. The minimum absolute atomic E-state index is 0.0656. The van der Waals surface area contributed by atoms with Crippen LogP contribution in [0.3, 0.4) is 0 Å². The summed E-state index contributed by atoms with van der Waals surface area (Å²) in [5, 5.41) is 12.9. The van der Waals surface area contributed by atoms with Crippen molar-refractivity contribution in [3.05, 3.63) is 83.9 Å². The van der Waals surface area contributed by atoms with Crippen molar-refractivity contribution in [2.45, 2.75) is 39.2 Å². The van der Waals surface area contributed by atoms with E-state index in [4.69, 9.17) is 10.00 Å². The number of nitrogens with one attached hydrogen (secondary N) is 1. The molecular formula is C32H30FN5O3. The van der Waals surface area contributed by atoms with Gasteiger partial charge in [0.1, 0.15) is 22.9 Å². The van der Waals surface area contributed by atoms with E-state index in [-0.39, 0.29) is 23.5 Å². The van der Waals surface area contributed by atoms with Crippen LogP contribution in [0.15, 0.2) is 66.9 Å². The Labute approximate surface area is 237 Å². The van der Waals surface area contributed by atoms with E-state index in [9.17, 15) is 9.59 Å². The van der Waals surface area contributed by atoms with Gasteiger partial charge in [-0.15, -0.1) is 0 Å². The first-order chi connectivity index (χ1) is 19.6. The topological polar surface area (TPSA) is 108 Å². The number of rotatable bonds is 5. The van der Waals surface area contributed by atoms with Crippen LogP contribution in [0, 0.1) is 23.1 Å². The van der Waals surface area contributed by atoms with Crippen molar-refractivity contribution in [3.63, 3.8) is 0 Å². The number of likely N-dealkylation sites (tertiary alicyclic amines) is 1. The number of fused-ring (bicyclic) bond motifs is 1. The molecule has 0 radical (unpaired) electrons. The first kappa shape index (κ1) is 27.7. The van der Waals surface area contributed by atoms with E-state index in [1.165, 1.54) is 6.07 Å². The van der Waals surface area contributed by atoms with Gasteiger partial charge in [0.2, 0.25) is 0 Å². The summed E-state index contributed by atoms with van der Waals surface area (Å²) in [7, 11) is 0. The quantitative estimate of drug-likeness (QED) is 0.269. The number of benzene rings is 2. The van der Waals surface area contributed by atoms with Gasteiger partial charge in [-0.05, 0) is 81.1 Å². The lowest BCUT2D eigenvalue weighted by Crippen LogP contribution is -2.43. The molecule has 1 aliphatic heterocycles. The zero-order valence-corrected chi connectivity index (χ0v) is 23.1. The van der Waals surface area contributed by atoms with Crippen LogP contribution in [0.1, 0.15) is 49.7 Å². The van der Waals surface area contributed by atoms with Crippen molar-refractivity contribution < 1.29 is 18.7 Å². The number of amides is 1. The van der Waals surface area contributed by atoms with Crippen LogP contribution < -0.4 is 5.32 Å². The number of ketones is 1. The highest BCUT2D eigenvalue weighted by molar-refractivity contribution is 5.98. The molecule has 0 saturated carbocycles. The molecule has 9 heteroatoms. The van der Waals surface area contributed by atoms with Gasteiger partial charge in [-0.1, -0.05) is 18.2 Å². The molecule has 0 spiro atoms. The standard InChI is InChI=1S/C32H30FN5O3/c1-32(2,3)41-31(40)38-13-11-21(12-14-38)30(39)27-10-8-24-19-35-29(17-28(24)36-27)37-26-9-7-23(16-25(26)33)22-6-4-5-20(15-22)18-34/h4-10,15-17,19,21H,11-14H2,1-3H3,(H,35,37). The molecule has 41 heavy (non-hydrogen) atoms. The molecule has 1 saturated heterocycles. The predicted octanol–water partition coefficient (Wildman–Crippen LogP) is 6.88. The van der Waals surface area contributed by atoms with Crippen molar-refractivity contribution in [1.82, 2.24) is 14.9 Å². The van der Waals surface area contributed by atoms with Crippen LogP contribution in [-0.4, -0.2) is 45.4 Å². The van der Waals surface area contributed by atoms with Crippen LogP contribution in [-0.2, 0) is 4.74 Å². The number of hydrogen-bond acceptors (Lipinski definition) is 7. The molecule has 1 fully saturated rings. The Balaban J connectivity index is 1.28. The number of piperidine rings is 1. The number of pyridine rings is 2. The van der Waals surface area contributed by atoms with E-state index in [2.05, 4.69) is 21.4 Å². The van der Waals surface area contributed by atoms with Crippen LogP contribution in [0.4, 0.5) is 20.7 Å². The number of carbonyl (C=O) groups excluding carboxylic acids is 2. The monoisotopic (exact) mass is 551 g/mol. The van der Waals surface area contributed by atoms with Gasteiger partial charge < -0.3 is 15.0 Å². The highest BCUT2D eigenvalue weighted by Crippen LogP contribution is 2.28. The van der Waals surface area contributed by atoms with Crippen LogP contribution in [0.2, 0.25) is 0 Å². The second-order valence-corrected chi connectivity index (χ2v) is 11.1. The maximum absolute atomic E-state index is 15.0. The molecule has 0 bridgehead atoms. The van der Waals surface area contributed by atoms with E-state index in [1.54, 1.807) is 59.6 Å². The molecule has 2 aromatic carbocycles. The van der Waals surface area contributed by atoms with Crippen molar-refractivity contribution in [2.24, 2.45) is 5.92 Å². The van der Waals surface area contributed by atoms with Crippen molar-refractivity contribution in [3.8, 4) is 17.2 Å². The van der Waals surface area contributed by atoms with Gasteiger partial charge >= 0.3 is 6.09 Å². The Morgan fingerprint density at radius 3 is 2.51 bits per heavy atom. The zero-order chi connectivity index (χ0) is 29.1. The van der Waals surface area contributed by atoms with Crippen LogP contribution in [0.5, 0.6) is 0 Å². The molecule has 0 unspecified atom stereocenters. The van der Waals surface area contributed by atoms with Gasteiger partial charge in [0, 0.05) is 36.7 Å². The first-order valence-corrected chi connectivity index (χ1v) is 13.5. The molecule has 4 aromatic rings. The molecule has 3 heterocycles. The maximum atomic E-state index is 15.0. The van der Waals surface area contributed by atoms with E-state index in [0.29, 0.717) is 54.1 Å². The highest BCUT2D eigenvalue weighted by atomic mass is 19.1. The van der Waals surface area contributed by atoms with Gasteiger partial charge in [-0.2, -0.15) is 5.26 Å². The summed E-state index contributed by atoms with van der Waals surface area (Å²) in [5.74, 6) is -0.386. The largest absolute Gasteiger partial charge is 0.444 e. The molecule has 0 aliphatic carbocycles. The number of nitriles is 1. The molecule has 1 amide bonds. The summed E-state index contributed by atoms with van der Waals surface area (Å²) in [5.41, 5.74) is 2.48. The molecule has 1 aliphatic rings. The third kappa shape index (κ3) is 6.49. The lowest BCUT2D eigenvalue weighted by Gasteiger charge is -2.32. The van der Waals surface area contributed by atoms with Gasteiger partial charge in [0.25, 0.3) is 0 Å². The number of ether oxygens (including phenoxy) is 1. The number of halogens is 1. The summed E-state index contributed by atoms with van der Waals surface area (Å²) in [6.45, 7) is 6.38. The van der Waals surface area contributed by atoms with Crippen LogP contribution >= 0.6 is 0 Å². The van der Waals surface area contributed by atoms with E-state index >= 15 is 4.39 Å². The number of nitrogens with zero attached hydrogens (tertiary/aromatic N) is 4. The van der Waals surface area contributed by atoms with E-state index < -0.39 is 11.4 Å². The smallest absolute Gasteiger partial charge is 0.410 e. The van der Waals surface area contributed by atoms with Crippen molar-refractivity contribution in [1.29, 1.82) is 5.26 Å². The number of hydrogen-bond donors (Lipinski definition) is 1. The molecule has 8 nitrogen and oxygen atoms in total. The molecule has 2 aromatic heterocycles. The SMILES string of the molecule is CC(C)(C)OC(=O)N1CCC(C(=O)c2ccc3cnc(Nc4ccc(-c5cccc(C#N)c5)cc4F)cc3n2)CC1.